The number of likely N-dealkylation sites (tertiary alicyclic amines) is 1. The van der Waals surface area contributed by atoms with Gasteiger partial charge in [-0.15, -0.1) is 0 Å². The van der Waals surface area contributed by atoms with Crippen LogP contribution in [0.1, 0.15) is 16.8 Å². The van der Waals surface area contributed by atoms with Crippen molar-refractivity contribution < 1.29 is 23.9 Å². The third-order valence-electron chi connectivity index (χ3n) is 3.12. The number of aromatic carboxylic acids is 1. The van der Waals surface area contributed by atoms with Crippen molar-refractivity contribution in [3.05, 3.63) is 23.5 Å². The summed E-state index contributed by atoms with van der Waals surface area (Å²) in [5.41, 5.74) is 4.41. The highest BCUT2D eigenvalue weighted by molar-refractivity contribution is 6.07. The smallest absolute Gasteiger partial charge is 0.340 e. The first-order valence-corrected chi connectivity index (χ1v) is 5.71. The predicted octanol–water partition coefficient (Wildman–Crippen LogP) is 0.275. The normalized spacial score (nSPS) is 18.5. The maximum Gasteiger partial charge on any atom is 0.340 e. The van der Waals surface area contributed by atoms with Crippen molar-refractivity contribution in [3.63, 3.8) is 0 Å². The number of halogens is 1. The van der Waals surface area contributed by atoms with Gasteiger partial charge < -0.3 is 16.2 Å². The standard InChI is InChI=1S/C12H12FN3O4/c1-16-8(17)4-7(11(16)18)15-6-3-2-5(13)10(14)9(6)12(19)20/h2-3,7,15H,4,14H2,1H3,(H,19,20). The molecular formula is C12H12FN3O4. The Hall–Kier alpha value is -2.64. The zero-order valence-corrected chi connectivity index (χ0v) is 10.5. The number of imide groups is 1. The molecule has 1 saturated heterocycles. The highest BCUT2D eigenvalue weighted by Gasteiger charge is 2.36. The minimum absolute atomic E-state index is 0.00199. The number of nitrogens with zero attached hydrogens (tertiary/aromatic N) is 1. The van der Waals surface area contributed by atoms with E-state index in [4.69, 9.17) is 10.8 Å². The molecule has 7 nitrogen and oxygen atoms in total. The molecule has 1 heterocycles. The topological polar surface area (TPSA) is 113 Å². The van der Waals surface area contributed by atoms with Crippen molar-refractivity contribution in [1.29, 1.82) is 0 Å². The molecule has 1 aromatic carbocycles. The molecule has 8 heteroatoms. The number of carboxylic acids is 1. The van der Waals surface area contributed by atoms with Gasteiger partial charge in [0.05, 0.1) is 17.8 Å². The number of hydrogen-bond donors (Lipinski definition) is 3. The number of carbonyl (C=O) groups is 3. The lowest BCUT2D eigenvalue weighted by molar-refractivity contribution is -0.136. The van der Waals surface area contributed by atoms with Crippen molar-refractivity contribution in [1.82, 2.24) is 4.90 Å². The predicted molar refractivity (Wildman–Crippen MR) is 67.6 cm³/mol. The summed E-state index contributed by atoms with van der Waals surface area (Å²) < 4.78 is 13.3. The number of nitrogens with one attached hydrogen (secondary N) is 1. The fourth-order valence-electron chi connectivity index (χ4n) is 2.00. The van der Waals surface area contributed by atoms with Crippen LogP contribution in [-0.2, 0) is 9.59 Å². The lowest BCUT2D eigenvalue weighted by Crippen LogP contribution is -2.32. The molecule has 106 valence electrons. The Morgan fingerprint density at radius 3 is 2.65 bits per heavy atom. The number of nitrogen functional groups attached to an aromatic ring is 1. The highest BCUT2D eigenvalue weighted by atomic mass is 19.1. The molecule has 0 radical (unpaired) electrons. The molecule has 1 unspecified atom stereocenters. The van der Waals surface area contributed by atoms with E-state index in [2.05, 4.69) is 5.32 Å². The lowest BCUT2D eigenvalue weighted by atomic mass is 10.1. The van der Waals surface area contributed by atoms with Crippen LogP contribution in [0.3, 0.4) is 0 Å². The second-order valence-electron chi connectivity index (χ2n) is 4.38. The molecule has 0 aromatic heterocycles. The van der Waals surface area contributed by atoms with Crippen LogP contribution in [0.25, 0.3) is 0 Å². The quantitative estimate of drug-likeness (QED) is 0.541. The van der Waals surface area contributed by atoms with Gasteiger partial charge in [0.25, 0.3) is 5.91 Å². The van der Waals surface area contributed by atoms with E-state index < -0.39 is 35.0 Å². The minimum atomic E-state index is -1.42. The van der Waals surface area contributed by atoms with Crippen LogP contribution >= 0.6 is 0 Å². The first kappa shape index (κ1) is 13.8. The van der Waals surface area contributed by atoms with E-state index in [1.165, 1.54) is 13.1 Å². The van der Waals surface area contributed by atoms with Crippen molar-refractivity contribution >= 4 is 29.2 Å². The molecule has 1 aliphatic rings. The minimum Gasteiger partial charge on any atom is -0.478 e. The molecule has 1 aliphatic heterocycles. The molecule has 1 fully saturated rings. The highest BCUT2D eigenvalue weighted by Crippen LogP contribution is 2.27. The molecule has 2 rings (SSSR count). The molecule has 4 N–H and O–H groups in total. The SMILES string of the molecule is CN1C(=O)CC(Nc2ccc(F)c(N)c2C(=O)O)C1=O. The molecular weight excluding hydrogens is 269 g/mol. The Labute approximate surface area is 113 Å². The lowest BCUT2D eigenvalue weighted by Gasteiger charge is -2.15. The first-order valence-electron chi connectivity index (χ1n) is 5.71. The van der Waals surface area contributed by atoms with Gasteiger partial charge in [0.2, 0.25) is 5.91 Å². The average Bonchev–Trinajstić information content (AvgIpc) is 2.61. The van der Waals surface area contributed by atoms with Crippen molar-refractivity contribution in [2.45, 2.75) is 12.5 Å². The Morgan fingerprint density at radius 1 is 1.50 bits per heavy atom. The number of carboxylic acid groups (broad SMARTS) is 1. The maximum absolute atomic E-state index is 13.3. The van der Waals surface area contributed by atoms with E-state index in [-0.39, 0.29) is 18.0 Å². The van der Waals surface area contributed by atoms with Gasteiger partial charge in [0.15, 0.2) is 0 Å². The van der Waals surface area contributed by atoms with Gasteiger partial charge in [-0.25, -0.2) is 9.18 Å². The fourth-order valence-corrected chi connectivity index (χ4v) is 2.00. The summed E-state index contributed by atoms with van der Waals surface area (Å²) in [7, 11) is 1.34. The molecule has 0 bridgehead atoms. The second-order valence-corrected chi connectivity index (χ2v) is 4.38. The fraction of sp³-hybridized carbons (Fsp3) is 0.250. The van der Waals surface area contributed by atoms with Gasteiger partial charge in [-0.05, 0) is 12.1 Å². The number of rotatable bonds is 3. The summed E-state index contributed by atoms with van der Waals surface area (Å²) in [6, 6.07) is 1.29. The van der Waals surface area contributed by atoms with Crippen LogP contribution < -0.4 is 11.1 Å². The zero-order chi connectivity index (χ0) is 15.0. The number of amides is 2. The average molecular weight is 281 g/mol. The van der Waals surface area contributed by atoms with Crippen LogP contribution in [-0.4, -0.2) is 40.9 Å². The number of benzene rings is 1. The Balaban J connectivity index is 2.36. The zero-order valence-electron chi connectivity index (χ0n) is 10.5. The van der Waals surface area contributed by atoms with E-state index in [1.807, 2.05) is 0 Å². The van der Waals surface area contributed by atoms with E-state index in [9.17, 15) is 18.8 Å². The van der Waals surface area contributed by atoms with E-state index in [0.29, 0.717) is 0 Å². The first-order chi connectivity index (χ1) is 9.32. The maximum atomic E-state index is 13.3. The largest absolute Gasteiger partial charge is 0.478 e. The summed E-state index contributed by atoms with van der Waals surface area (Å²) in [4.78, 5) is 35.2. The monoisotopic (exact) mass is 281 g/mol. The van der Waals surface area contributed by atoms with Gasteiger partial charge in [-0.3, -0.25) is 14.5 Å². The van der Waals surface area contributed by atoms with Gasteiger partial charge in [-0.2, -0.15) is 0 Å². The molecule has 1 atom stereocenters. The molecule has 0 spiro atoms. The number of hydrogen-bond acceptors (Lipinski definition) is 5. The van der Waals surface area contributed by atoms with Crippen LogP contribution in [0, 0.1) is 5.82 Å². The van der Waals surface area contributed by atoms with E-state index >= 15 is 0 Å². The Morgan fingerprint density at radius 2 is 2.15 bits per heavy atom. The number of likely N-dealkylation sites (N-methyl/N-ethyl adjacent to an activating group) is 1. The van der Waals surface area contributed by atoms with Gasteiger partial charge >= 0.3 is 5.97 Å². The van der Waals surface area contributed by atoms with Crippen molar-refractivity contribution in [2.24, 2.45) is 0 Å². The van der Waals surface area contributed by atoms with Crippen LogP contribution in [0.15, 0.2) is 12.1 Å². The number of anilines is 2. The summed E-state index contributed by atoms with van der Waals surface area (Å²) in [6.07, 6.45) is -0.0916. The molecule has 2 amide bonds. The molecule has 0 saturated carbocycles. The number of nitrogens with two attached hydrogens (primary N) is 1. The number of carbonyl (C=O) groups excluding carboxylic acids is 2. The summed E-state index contributed by atoms with van der Waals surface area (Å²) in [5.74, 6) is -3.14. The third-order valence-corrected chi connectivity index (χ3v) is 3.12. The van der Waals surface area contributed by atoms with Gasteiger partial charge in [0, 0.05) is 7.05 Å². The van der Waals surface area contributed by atoms with E-state index in [0.717, 1.165) is 11.0 Å². The Bertz CT molecular complexity index is 617. The second kappa shape index (κ2) is 4.80. The van der Waals surface area contributed by atoms with Crippen molar-refractivity contribution in [3.8, 4) is 0 Å². The van der Waals surface area contributed by atoms with Crippen molar-refractivity contribution in [2.75, 3.05) is 18.1 Å². The summed E-state index contributed by atoms with van der Waals surface area (Å²) in [5, 5.41) is 11.7. The third kappa shape index (κ3) is 2.15. The van der Waals surface area contributed by atoms with E-state index in [1.54, 1.807) is 0 Å². The van der Waals surface area contributed by atoms with Crippen LogP contribution in [0.2, 0.25) is 0 Å². The molecule has 20 heavy (non-hydrogen) atoms. The van der Waals surface area contributed by atoms with Crippen LogP contribution in [0.4, 0.5) is 15.8 Å². The summed E-state index contributed by atoms with van der Waals surface area (Å²) >= 11 is 0. The molecule has 1 aromatic rings. The molecule has 0 aliphatic carbocycles. The van der Waals surface area contributed by atoms with Gasteiger partial charge in [0.1, 0.15) is 17.4 Å². The van der Waals surface area contributed by atoms with Crippen LogP contribution in [0.5, 0.6) is 0 Å². The Kier molecular flexibility index (Phi) is 3.31. The van der Waals surface area contributed by atoms with Gasteiger partial charge in [-0.1, -0.05) is 0 Å². The summed E-state index contributed by atoms with van der Waals surface area (Å²) in [6.45, 7) is 0.